The second kappa shape index (κ2) is 10.3. The van der Waals surface area contributed by atoms with Gasteiger partial charge in [-0.1, -0.05) is 12.1 Å². The Bertz CT molecular complexity index is 638. The van der Waals surface area contributed by atoms with E-state index in [0.29, 0.717) is 18.2 Å². The molecule has 0 aromatic heterocycles. The first-order valence-corrected chi connectivity index (χ1v) is 10.1. The molecule has 6 heteroatoms. The van der Waals surface area contributed by atoms with Crippen molar-refractivity contribution in [1.82, 2.24) is 15.5 Å². The molecule has 0 radical (unpaired) electrons. The van der Waals surface area contributed by atoms with E-state index in [2.05, 4.69) is 28.5 Å². The summed E-state index contributed by atoms with van der Waals surface area (Å²) in [5.74, 6) is 1.60. The molecule has 1 aromatic carbocycles. The Morgan fingerprint density at radius 3 is 2.67 bits per heavy atom. The van der Waals surface area contributed by atoms with E-state index in [-0.39, 0.29) is 0 Å². The van der Waals surface area contributed by atoms with Crippen LogP contribution in [0.3, 0.4) is 0 Å². The molecule has 1 unspecified atom stereocenters. The number of nitrogens with zero attached hydrogens (tertiary/aromatic N) is 3. The zero-order chi connectivity index (χ0) is 18.9. The quantitative estimate of drug-likeness (QED) is 0.594. The van der Waals surface area contributed by atoms with Crippen molar-refractivity contribution in [2.45, 2.75) is 38.8 Å². The lowest BCUT2D eigenvalue weighted by atomic mass is 10.0. The molecule has 1 atom stereocenters. The second-order valence-electron chi connectivity index (χ2n) is 7.45. The van der Waals surface area contributed by atoms with Gasteiger partial charge in [0.15, 0.2) is 5.96 Å². The molecule has 3 rings (SSSR count). The number of nitrogens with one attached hydrogen (secondary N) is 2. The molecule has 2 aliphatic heterocycles. The van der Waals surface area contributed by atoms with E-state index >= 15 is 0 Å². The first-order chi connectivity index (χ1) is 13.3. The van der Waals surface area contributed by atoms with Gasteiger partial charge in [0.25, 0.3) is 0 Å². The summed E-state index contributed by atoms with van der Waals surface area (Å²) in [5.41, 5.74) is 1.79. The second-order valence-corrected chi connectivity index (χ2v) is 7.45. The molecule has 146 valence electrons. The number of aliphatic imine (C=N–C) groups is 1. The summed E-state index contributed by atoms with van der Waals surface area (Å²) in [6.07, 6.45) is 3.51. The average molecular weight is 370 g/mol. The molecule has 2 saturated heterocycles. The highest BCUT2D eigenvalue weighted by atomic mass is 16.5. The van der Waals surface area contributed by atoms with E-state index in [1.54, 1.807) is 0 Å². The molecule has 27 heavy (non-hydrogen) atoms. The lowest BCUT2D eigenvalue weighted by Gasteiger charge is -2.34. The van der Waals surface area contributed by atoms with Crippen LogP contribution in [-0.4, -0.2) is 56.3 Å². The largest absolute Gasteiger partial charge is 0.381 e. The van der Waals surface area contributed by atoms with Gasteiger partial charge in [0, 0.05) is 38.8 Å². The SMILES string of the molecule is CCNC(=NCc1ccc(C#N)cc1)NC1CCN(CC2CCOC2)CC1. The highest BCUT2D eigenvalue weighted by Crippen LogP contribution is 2.17. The topological polar surface area (TPSA) is 72.7 Å². The van der Waals surface area contributed by atoms with Crippen molar-refractivity contribution in [3.8, 4) is 6.07 Å². The number of ether oxygens (including phenoxy) is 1. The fourth-order valence-corrected chi connectivity index (χ4v) is 3.72. The van der Waals surface area contributed by atoms with Gasteiger partial charge in [0.05, 0.1) is 24.8 Å². The molecular formula is C21H31N5O. The molecular weight excluding hydrogens is 338 g/mol. The van der Waals surface area contributed by atoms with Crippen LogP contribution in [0.25, 0.3) is 0 Å². The van der Waals surface area contributed by atoms with Crippen LogP contribution in [0, 0.1) is 17.2 Å². The van der Waals surface area contributed by atoms with Crippen molar-refractivity contribution in [3.63, 3.8) is 0 Å². The first-order valence-electron chi connectivity index (χ1n) is 10.1. The monoisotopic (exact) mass is 369 g/mol. The van der Waals surface area contributed by atoms with E-state index < -0.39 is 0 Å². The van der Waals surface area contributed by atoms with Gasteiger partial charge >= 0.3 is 0 Å². The van der Waals surface area contributed by atoms with Gasteiger partial charge < -0.3 is 20.3 Å². The van der Waals surface area contributed by atoms with Gasteiger partial charge in [-0.05, 0) is 49.8 Å². The molecule has 0 spiro atoms. The molecule has 0 saturated carbocycles. The normalized spacial score (nSPS) is 21.8. The molecule has 2 aliphatic rings. The molecule has 2 heterocycles. The van der Waals surface area contributed by atoms with Gasteiger partial charge in [0.2, 0.25) is 0 Å². The molecule has 2 fully saturated rings. The number of piperidine rings is 1. The summed E-state index contributed by atoms with van der Waals surface area (Å²) >= 11 is 0. The van der Waals surface area contributed by atoms with Crippen molar-refractivity contribution in [2.75, 3.05) is 39.4 Å². The molecule has 6 nitrogen and oxygen atoms in total. The Morgan fingerprint density at radius 2 is 2.04 bits per heavy atom. The number of hydrogen-bond donors (Lipinski definition) is 2. The molecule has 0 aliphatic carbocycles. The van der Waals surface area contributed by atoms with Crippen LogP contribution in [0.1, 0.15) is 37.3 Å². The van der Waals surface area contributed by atoms with Crippen LogP contribution >= 0.6 is 0 Å². The van der Waals surface area contributed by atoms with E-state index in [0.717, 1.165) is 63.1 Å². The standard InChI is InChI=1S/C21H31N5O/c1-2-23-21(24-14-18-5-3-17(13-22)4-6-18)25-20-7-10-26(11-8-20)15-19-9-12-27-16-19/h3-6,19-20H,2,7-12,14-16H2,1H3,(H2,23,24,25). The Kier molecular flexibility index (Phi) is 7.49. The Balaban J connectivity index is 1.46. The number of likely N-dealkylation sites (tertiary alicyclic amines) is 1. The van der Waals surface area contributed by atoms with Crippen LogP contribution < -0.4 is 10.6 Å². The Hall–Kier alpha value is -2.10. The molecule has 0 bridgehead atoms. The number of rotatable bonds is 6. The fraction of sp³-hybridized carbons (Fsp3) is 0.619. The summed E-state index contributed by atoms with van der Waals surface area (Å²) in [6.45, 7) is 8.88. The first kappa shape index (κ1) is 19.7. The lowest BCUT2D eigenvalue weighted by Crippen LogP contribution is -2.49. The van der Waals surface area contributed by atoms with Crippen LogP contribution in [0.5, 0.6) is 0 Å². The van der Waals surface area contributed by atoms with Gasteiger partial charge in [-0.3, -0.25) is 0 Å². The van der Waals surface area contributed by atoms with E-state index in [1.807, 2.05) is 24.3 Å². The third-order valence-corrected chi connectivity index (χ3v) is 5.32. The summed E-state index contributed by atoms with van der Waals surface area (Å²) < 4.78 is 5.50. The summed E-state index contributed by atoms with van der Waals surface area (Å²) in [7, 11) is 0. The smallest absolute Gasteiger partial charge is 0.191 e. The summed E-state index contributed by atoms with van der Waals surface area (Å²) in [6, 6.07) is 10.2. The minimum atomic E-state index is 0.472. The Labute approximate surface area is 162 Å². The van der Waals surface area contributed by atoms with Crippen LogP contribution in [0.2, 0.25) is 0 Å². The van der Waals surface area contributed by atoms with E-state index in [1.165, 1.54) is 13.0 Å². The van der Waals surface area contributed by atoms with Crippen molar-refractivity contribution in [1.29, 1.82) is 5.26 Å². The highest BCUT2D eigenvalue weighted by Gasteiger charge is 2.24. The molecule has 2 N–H and O–H groups in total. The van der Waals surface area contributed by atoms with Crippen molar-refractivity contribution in [3.05, 3.63) is 35.4 Å². The summed E-state index contributed by atoms with van der Waals surface area (Å²) in [5, 5.41) is 15.8. The molecule has 1 aromatic rings. The van der Waals surface area contributed by atoms with Crippen molar-refractivity contribution >= 4 is 5.96 Å². The zero-order valence-electron chi connectivity index (χ0n) is 16.3. The number of hydrogen-bond acceptors (Lipinski definition) is 4. The molecule has 0 amide bonds. The summed E-state index contributed by atoms with van der Waals surface area (Å²) in [4.78, 5) is 7.30. The number of benzene rings is 1. The number of guanidine groups is 1. The predicted molar refractivity (Wildman–Crippen MR) is 107 cm³/mol. The van der Waals surface area contributed by atoms with Crippen LogP contribution in [0.4, 0.5) is 0 Å². The van der Waals surface area contributed by atoms with Gasteiger partial charge in [-0.15, -0.1) is 0 Å². The zero-order valence-corrected chi connectivity index (χ0v) is 16.3. The maximum atomic E-state index is 8.89. The van der Waals surface area contributed by atoms with Crippen molar-refractivity contribution < 1.29 is 4.74 Å². The third kappa shape index (κ3) is 6.23. The highest BCUT2D eigenvalue weighted by molar-refractivity contribution is 5.80. The van der Waals surface area contributed by atoms with E-state index in [4.69, 9.17) is 15.0 Å². The van der Waals surface area contributed by atoms with Gasteiger partial charge in [-0.2, -0.15) is 5.26 Å². The average Bonchev–Trinajstić information content (AvgIpc) is 3.21. The van der Waals surface area contributed by atoms with Crippen LogP contribution in [-0.2, 0) is 11.3 Å². The predicted octanol–water partition coefficient (Wildman–Crippen LogP) is 2.11. The Morgan fingerprint density at radius 1 is 1.26 bits per heavy atom. The fourth-order valence-electron chi connectivity index (χ4n) is 3.72. The third-order valence-electron chi connectivity index (χ3n) is 5.32. The maximum absolute atomic E-state index is 8.89. The van der Waals surface area contributed by atoms with Gasteiger partial charge in [0.1, 0.15) is 0 Å². The minimum Gasteiger partial charge on any atom is -0.381 e. The number of nitriles is 1. The lowest BCUT2D eigenvalue weighted by molar-refractivity contribution is 0.150. The van der Waals surface area contributed by atoms with Crippen LogP contribution in [0.15, 0.2) is 29.3 Å². The maximum Gasteiger partial charge on any atom is 0.191 e. The van der Waals surface area contributed by atoms with E-state index in [9.17, 15) is 0 Å². The minimum absolute atomic E-state index is 0.472. The van der Waals surface area contributed by atoms with Gasteiger partial charge in [-0.25, -0.2) is 4.99 Å². The van der Waals surface area contributed by atoms with Crippen molar-refractivity contribution in [2.24, 2.45) is 10.9 Å².